The molecule has 0 spiro atoms. The minimum absolute atomic E-state index is 0. The fourth-order valence-electron chi connectivity index (χ4n) is 0. The Morgan fingerprint density at radius 1 is 0.545 bits per heavy atom. The molecule has 0 heterocycles. The van der Waals surface area contributed by atoms with Gasteiger partial charge in [-0.25, -0.2) is 0 Å². The summed E-state index contributed by atoms with van der Waals surface area (Å²) in [5.74, 6) is 0. The van der Waals surface area contributed by atoms with Gasteiger partial charge in [-0.1, -0.05) is 0 Å². The zero-order valence-corrected chi connectivity index (χ0v) is 9.89. The Labute approximate surface area is 89.8 Å². The first-order valence-electron chi connectivity index (χ1n) is 0.926. The molecule has 0 bridgehead atoms. The molecular weight excluding hydrogens is 441 g/mol. The summed E-state index contributed by atoms with van der Waals surface area (Å²) in [5.41, 5.74) is 0. The summed E-state index contributed by atoms with van der Waals surface area (Å²) in [5, 5.41) is 0. The summed E-state index contributed by atoms with van der Waals surface area (Å²) in [7, 11) is 0. The first-order chi connectivity index (χ1) is 3.46. The van der Waals surface area contributed by atoms with Crippen molar-refractivity contribution in [2.24, 2.45) is 0 Å². The van der Waals surface area contributed by atoms with Gasteiger partial charge in [-0.3, -0.25) is 0 Å². The SMILES string of the molecule is O.O.[Co+2].[O-][I+2]([O-])[O-].[O-][I+2]([O-])[O-]. The van der Waals surface area contributed by atoms with E-state index < -0.39 is 42.1 Å². The average molecular weight is 445 g/mol. The normalized spacial score (nSPS) is 6.55. The molecule has 4 N–H and O–H groups in total. The van der Waals surface area contributed by atoms with Gasteiger partial charge in [0.15, 0.2) is 0 Å². The minimum Gasteiger partial charge on any atom is -0.427 e. The van der Waals surface area contributed by atoms with Crippen molar-refractivity contribution in [1.82, 2.24) is 0 Å². The Morgan fingerprint density at radius 2 is 0.545 bits per heavy atom. The topological polar surface area (TPSA) is 201 Å². The van der Waals surface area contributed by atoms with E-state index >= 15 is 0 Å². The summed E-state index contributed by atoms with van der Waals surface area (Å²) in [6.07, 6.45) is 0. The molecule has 0 fully saturated rings. The Balaban J connectivity index is -0.0000000171. The van der Waals surface area contributed by atoms with Crippen LogP contribution in [0.3, 0.4) is 0 Å². The van der Waals surface area contributed by atoms with Gasteiger partial charge >= 0.3 is 16.8 Å². The van der Waals surface area contributed by atoms with Gasteiger partial charge in [0, 0.05) is 0 Å². The molecule has 0 saturated carbocycles. The molecule has 75 valence electrons. The summed E-state index contributed by atoms with van der Waals surface area (Å²) >= 11 is -8.03. The average Bonchev–Trinajstić information content (AvgIpc) is 1.25. The molecular formula is H4CoI2O8. The molecule has 1 radical (unpaired) electrons. The summed E-state index contributed by atoms with van der Waals surface area (Å²) in [6.45, 7) is 0. The third kappa shape index (κ3) is 400. The van der Waals surface area contributed by atoms with E-state index in [0.29, 0.717) is 0 Å². The molecule has 0 aromatic rings. The Hall–Kier alpha value is 1.65. The van der Waals surface area contributed by atoms with E-state index in [1.807, 2.05) is 0 Å². The standard InChI is InChI=1S/Co.2IO3.2H2O/c;2*2-1(3)4;;/h;;;2*1H2/q+2;2*-1;;. The van der Waals surface area contributed by atoms with Gasteiger partial charge in [0.05, 0.1) is 0 Å². The third-order valence-electron chi connectivity index (χ3n) is 0. The first kappa shape index (κ1) is 29.3. The Bertz CT molecular complexity index is 27.6. The third-order valence-corrected chi connectivity index (χ3v) is 0. The van der Waals surface area contributed by atoms with Crippen molar-refractivity contribution >= 4 is 0 Å². The molecule has 0 saturated heterocycles. The molecule has 8 nitrogen and oxygen atoms in total. The van der Waals surface area contributed by atoms with Gasteiger partial charge in [-0.15, -0.1) is 0 Å². The van der Waals surface area contributed by atoms with Crippen LogP contribution in [-0.2, 0) is 16.8 Å². The van der Waals surface area contributed by atoms with Crippen molar-refractivity contribution in [1.29, 1.82) is 0 Å². The molecule has 0 amide bonds. The van der Waals surface area contributed by atoms with Crippen molar-refractivity contribution in [2.75, 3.05) is 0 Å². The molecule has 0 aromatic carbocycles. The molecule has 0 aromatic heterocycles. The largest absolute Gasteiger partial charge is 2.00 e. The monoisotopic (exact) mass is 445 g/mol. The van der Waals surface area contributed by atoms with Crippen LogP contribution < -0.4 is 62.7 Å². The van der Waals surface area contributed by atoms with Crippen molar-refractivity contribution in [2.45, 2.75) is 0 Å². The molecule has 0 aliphatic heterocycles. The minimum atomic E-state index is -4.01. The molecule has 0 aliphatic carbocycles. The van der Waals surface area contributed by atoms with Gasteiger partial charge in [0.25, 0.3) is 42.1 Å². The van der Waals surface area contributed by atoms with Crippen LogP contribution in [0.25, 0.3) is 0 Å². The maximum Gasteiger partial charge on any atom is 2.00 e. The quantitative estimate of drug-likeness (QED) is 0.331. The first-order valence-corrected chi connectivity index (χ1v) is 6.21. The fraction of sp³-hybridized carbons (Fsp3) is 0. The second-order valence-corrected chi connectivity index (χ2v) is 2.54. The van der Waals surface area contributed by atoms with Gasteiger partial charge in [-0.05, 0) is 0 Å². The summed E-state index contributed by atoms with van der Waals surface area (Å²) in [4.78, 5) is 0. The van der Waals surface area contributed by atoms with Crippen molar-refractivity contribution in [3.05, 3.63) is 0 Å². The second kappa shape index (κ2) is 22.6. The maximum absolute atomic E-state index is 8.57. The van der Waals surface area contributed by atoms with Crippen LogP contribution in [0.4, 0.5) is 0 Å². The van der Waals surface area contributed by atoms with Crippen molar-refractivity contribution in [3.63, 3.8) is 0 Å². The van der Waals surface area contributed by atoms with Gasteiger partial charge in [-0.2, -0.15) is 0 Å². The van der Waals surface area contributed by atoms with Crippen LogP contribution in [0.2, 0.25) is 0 Å². The van der Waals surface area contributed by atoms with Gasteiger partial charge in [0.1, 0.15) is 0 Å². The van der Waals surface area contributed by atoms with Crippen LogP contribution >= 0.6 is 0 Å². The molecule has 0 aliphatic rings. The van der Waals surface area contributed by atoms with Crippen LogP contribution in [0.5, 0.6) is 0 Å². The number of halogens is 2. The van der Waals surface area contributed by atoms with Crippen molar-refractivity contribution in [3.8, 4) is 0 Å². The molecule has 11 heavy (non-hydrogen) atoms. The van der Waals surface area contributed by atoms with E-state index in [0.717, 1.165) is 0 Å². The molecule has 11 heteroatoms. The zero-order chi connectivity index (χ0) is 7.15. The molecule has 0 unspecified atom stereocenters. The van der Waals surface area contributed by atoms with Crippen LogP contribution in [-0.4, -0.2) is 11.0 Å². The summed E-state index contributed by atoms with van der Waals surface area (Å²) < 4.78 is 51.4. The fourth-order valence-corrected chi connectivity index (χ4v) is 0. The number of hydrogen-bond acceptors (Lipinski definition) is 6. The van der Waals surface area contributed by atoms with E-state index in [9.17, 15) is 0 Å². The van der Waals surface area contributed by atoms with E-state index in [4.69, 9.17) is 20.6 Å². The molecule has 0 rings (SSSR count). The van der Waals surface area contributed by atoms with E-state index in [1.165, 1.54) is 0 Å². The van der Waals surface area contributed by atoms with Gasteiger partial charge < -0.3 is 31.6 Å². The number of rotatable bonds is 0. The van der Waals surface area contributed by atoms with E-state index in [1.54, 1.807) is 0 Å². The molecule has 0 atom stereocenters. The van der Waals surface area contributed by atoms with Crippen LogP contribution in [0.1, 0.15) is 0 Å². The number of hydrogen-bond donors (Lipinski definition) is 0. The van der Waals surface area contributed by atoms with E-state index in [2.05, 4.69) is 0 Å². The maximum atomic E-state index is 8.57. The second-order valence-electron chi connectivity index (χ2n) is 0.378. The predicted octanol–water partition coefficient (Wildman–Crippen LogP) is -14.8. The summed E-state index contributed by atoms with van der Waals surface area (Å²) in [6, 6.07) is 0. The Kier molecular flexibility index (Phi) is 60.2. The van der Waals surface area contributed by atoms with Gasteiger partial charge in [0.2, 0.25) is 0 Å². The Morgan fingerprint density at radius 3 is 0.545 bits per heavy atom. The smallest absolute Gasteiger partial charge is 0.427 e. The van der Waals surface area contributed by atoms with Crippen molar-refractivity contribution < 1.29 is 90.5 Å². The van der Waals surface area contributed by atoms with E-state index in [-0.39, 0.29) is 27.7 Å². The van der Waals surface area contributed by atoms with Crippen LogP contribution in [0.15, 0.2) is 0 Å². The predicted molar refractivity (Wildman–Crippen MR) is 7.23 cm³/mol. The van der Waals surface area contributed by atoms with Crippen LogP contribution in [0, 0.1) is 0 Å². The zero-order valence-electron chi connectivity index (χ0n) is 4.54.